The Hall–Kier alpha value is -6.98. The number of benzene rings is 5. The molecule has 1 aliphatic heterocycles. The smallest absolute Gasteiger partial charge is 0.163 e. The Morgan fingerprint density at radius 1 is 0.741 bits per heavy atom. The summed E-state index contributed by atoms with van der Waals surface area (Å²) >= 11 is 0. The van der Waals surface area contributed by atoms with E-state index in [1.807, 2.05) is 80.0 Å². The largest absolute Gasteiger partial charge is 0.465 e. The number of aliphatic imine (C=N–C) groups is 1. The van der Waals surface area contributed by atoms with Crippen LogP contribution >= 0.6 is 0 Å². The lowest BCUT2D eigenvalue weighted by Gasteiger charge is -2.31. The van der Waals surface area contributed by atoms with Crippen molar-refractivity contribution < 1.29 is 4.74 Å². The molecule has 1 aliphatic carbocycles. The zero-order valence-corrected chi connectivity index (χ0v) is 30.0. The van der Waals surface area contributed by atoms with Crippen LogP contribution in [0.25, 0.3) is 40.0 Å². The molecule has 5 nitrogen and oxygen atoms in total. The zero-order chi connectivity index (χ0) is 36.6. The number of ether oxygens (including phenoxy) is 1. The van der Waals surface area contributed by atoms with Gasteiger partial charge in [0.1, 0.15) is 12.1 Å². The SMILES string of the molecule is C/C=C(\C=C/CC1=C/C=C/C2(c3ccc(-c4ncnc(-c5ccccc5)n4)cc3OC=C1)c1ccccc1-c1ccccc12)/C=N/C=C\c1ccccc1. The summed E-state index contributed by atoms with van der Waals surface area (Å²) in [6.07, 6.45) is 24.8. The molecule has 5 heteroatoms. The second-order valence-corrected chi connectivity index (χ2v) is 13.0. The molecule has 1 spiro atoms. The quantitative estimate of drug-likeness (QED) is 0.117. The van der Waals surface area contributed by atoms with Crippen molar-refractivity contribution in [3.8, 4) is 39.7 Å². The average Bonchev–Trinajstić information content (AvgIpc) is 3.52. The summed E-state index contributed by atoms with van der Waals surface area (Å²) in [5.41, 5.74) is 10.3. The maximum Gasteiger partial charge on any atom is 0.163 e. The van der Waals surface area contributed by atoms with Gasteiger partial charge >= 0.3 is 0 Å². The molecule has 2 heterocycles. The van der Waals surface area contributed by atoms with E-state index >= 15 is 0 Å². The van der Waals surface area contributed by atoms with Crippen molar-refractivity contribution in [2.45, 2.75) is 18.8 Å². The molecule has 54 heavy (non-hydrogen) atoms. The molecular weight excluding hydrogens is 661 g/mol. The lowest BCUT2D eigenvalue weighted by atomic mass is 9.71. The molecular formula is C49H38N4O. The fourth-order valence-corrected chi connectivity index (χ4v) is 7.14. The maximum absolute atomic E-state index is 6.65. The summed E-state index contributed by atoms with van der Waals surface area (Å²) in [5.74, 6) is 1.94. The summed E-state index contributed by atoms with van der Waals surface area (Å²) in [4.78, 5) is 18.4. The van der Waals surface area contributed by atoms with Crippen molar-refractivity contribution in [2.24, 2.45) is 4.99 Å². The van der Waals surface area contributed by atoms with Crippen LogP contribution in [0.4, 0.5) is 0 Å². The third-order valence-electron chi connectivity index (χ3n) is 9.77. The second-order valence-electron chi connectivity index (χ2n) is 13.0. The van der Waals surface area contributed by atoms with Crippen molar-refractivity contribution in [1.29, 1.82) is 0 Å². The van der Waals surface area contributed by atoms with E-state index in [9.17, 15) is 0 Å². The van der Waals surface area contributed by atoms with Gasteiger partial charge in [0.05, 0.1) is 11.7 Å². The molecule has 1 aromatic heterocycles. The van der Waals surface area contributed by atoms with E-state index in [2.05, 4.69) is 130 Å². The van der Waals surface area contributed by atoms with E-state index in [1.54, 1.807) is 12.6 Å². The van der Waals surface area contributed by atoms with Crippen LogP contribution < -0.4 is 4.74 Å². The summed E-state index contributed by atoms with van der Waals surface area (Å²) in [7, 11) is 0. The van der Waals surface area contributed by atoms with E-state index < -0.39 is 5.41 Å². The normalized spacial score (nSPS) is 15.2. The molecule has 0 saturated heterocycles. The highest BCUT2D eigenvalue weighted by Crippen LogP contribution is 2.55. The Morgan fingerprint density at radius 3 is 2.17 bits per heavy atom. The van der Waals surface area contributed by atoms with Crippen LogP contribution in [0.3, 0.4) is 0 Å². The van der Waals surface area contributed by atoms with Gasteiger partial charge in [0, 0.05) is 29.1 Å². The second kappa shape index (κ2) is 15.7. The first kappa shape index (κ1) is 34.1. The molecule has 0 saturated carbocycles. The van der Waals surface area contributed by atoms with E-state index in [-0.39, 0.29) is 0 Å². The molecule has 0 radical (unpaired) electrons. The minimum atomic E-state index is -0.597. The van der Waals surface area contributed by atoms with Crippen molar-refractivity contribution in [1.82, 2.24) is 15.0 Å². The molecule has 0 N–H and O–H groups in total. The molecule has 0 amide bonds. The number of rotatable bonds is 8. The van der Waals surface area contributed by atoms with Crippen LogP contribution in [0, 0.1) is 0 Å². The zero-order valence-electron chi connectivity index (χ0n) is 30.0. The van der Waals surface area contributed by atoms with Gasteiger partial charge in [-0.2, -0.15) is 0 Å². The highest BCUT2D eigenvalue weighted by Gasteiger charge is 2.44. The van der Waals surface area contributed by atoms with Crippen molar-refractivity contribution in [3.05, 3.63) is 222 Å². The summed E-state index contributed by atoms with van der Waals surface area (Å²) in [5, 5.41) is 0. The molecule has 2 aliphatic rings. The van der Waals surface area contributed by atoms with Gasteiger partial charge in [-0.1, -0.05) is 158 Å². The molecule has 0 fully saturated rings. The predicted molar refractivity (Wildman–Crippen MR) is 221 cm³/mol. The van der Waals surface area contributed by atoms with Gasteiger partial charge in [-0.05, 0) is 70.5 Å². The number of hydrogen-bond donors (Lipinski definition) is 0. The third kappa shape index (κ3) is 6.95. The van der Waals surface area contributed by atoms with Gasteiger partial charge in [-0.15, -0.1) is 0 Å². The van der Waals surface area contributed by atoms with Crippen LogP contribution in [0.1, 0.15) is 35.6 Å². The van der Waals surface area contributed by atoms with E-state index in [0.29, 0.717) is 18.1 Å². The molecule has 0 bridgehead atoms. The Morgan fingerprint density at radius 2 is 1.43 bits per heavy atom. The van der Waals surface area contributed by atoms with E-state index in [0.717, 1.165) is 39.1 Å². The summed E-state index contributed by atoms with van der Waals surface area (Å²) in [6.45, 7) is 2.02. The summed E-state index contributed by atoms with van der Waals surface area (Å²) in [6, 6.07) is 43.8. The average molecular weight is 699 g/mol. The maximum atomic E-state index is 6.65. The van der Waals surface area contributed by atoms with Crippen molar-refractivity contribution in [3.63, 3.8) is 0 Å². The minimum Gasteiger partial charge on any atom is -0.465 e. The Bertz CT molecular complexity index is 2460. The number of aromatic nitrogens is 3. The lowest BCUT2D eigenvalue weighted by Crippen LogP contribution is -2.25. The van der Waals surface area contributed by atoms with Gasteiger partial charge in [0.15, 0.2) is 11.6 Å². The standard InChI is InChI=1S/C49H38N4O/c1-2-36(34-50-31-28-37-15-5-3-6-16-37)17-13-18-38-19-14-30-49(43-24-11-9-22-41(43)42-23-10-12-25-44(42)49)45-27-26-40(33-46(45)54-32-29-38)48-52-35-51-47(53-48)39-20-7-4-8-21-39/h2-17,19-35H,18H2,1H3/b17-13-,30-14+,31-28-,32-29?,36-2+,38-19?,50-34+. The molecule has 260 valence electrons. The van der Waals surface area contributed by atoms with Gasteiger partial charge < -0.3 is 4.74 Å². The number of fused-ring (bicyclic) bond motifs is 7. The predicted octanol–water partition coefficient (Wildman–Crippen LogP) is 11.5. The van der Waals surface area contributed by atoms with E-state index in [1.165, 1.54) is 22.3 Å². The van der Waals surface area contributed by atoms with Crippen LogP contribution in [0.15, 0.2) is 205 Å². The number of nitrogens with zero attached hydrogens (tertiary/aromatic N) is 4. The number of hydrogen-bond acceptors (Lipinski definition) is 5. The van der Waals surface area contributed by atoms with Crippen molar-refractivity contribution >= 4 is 12.3 Å². The van der Waals surface area contributed by atoms with Gasteiger partial charge in [-0.3, -0.25) is 4.99 Å². The fraction of sp³-hybridized carbons (Fsp3) is 0.0612. The minimum absolute atomic E-state index is 0.581. The highest BCUT2D eigenvalue weighted by atomic mass is 16.5. The topological polar surface area (TPSA) is 60.3 Å². The first-order valence-electron chi connectivity index (χ1n) is 18.1. The molecule has 0 unspecified atom stereocenters. The molecule has 5 aromatic carbocycles. The Balaban J connectivity index is 1.15. The summed E-state index contributed by atoms with van der Waals surface area (Å²) < 4.78 is 6.65. The first-order valence-corrected chi connectivity index (χ1v) is 18.1. The van der Waals surface area contributed by atoms with Crippen LogP contribution in [0.2, 0.25) is 0 Å². The molecule has 8 rings (SSSR count). The molecule has 0 atom stereocenters. The Kier molecular flexibility index (Phi) is 9.94. The first-order chi connectivity index (χ1) is 26.7. The highest BCUT2D eigenvalue weighted by molar-refractivity contribution is 5.86. The van der Waals surface area contributed by atoms with Crippen LogP contribution in [-0.2, 0) is 5.41 Å². The third-order valence-corrected chi connectivity index (χ3v) is 9.77. The monoisotopic (exact) mass is 698 g/mol. The van der Waals surface area contributed by atoms with Crippen LogP contribution in [-0.4, -0.2) is 21.2 Å². The van der Waals surface area contributed by atoms with Gasteiger partial charge in [0.25, 0.3) is 0 Å². The van der Waals surface area contributed by atoms with Gasteiger partial charge in [-0.25, -0.2) is 15.0 Å². The van der Waals surface area contributed by atoms with Crippen molar-refractivity contribution in [2.75, 3.05) is 0 Å². The number of allylic oxidation sites excluding steroid dienone is 9. The fourth-order valence-electron chi connectivity index (χ4n) is 7.14. The molecule has 6 aromatic rings. The van der Waals surface area contributed by atoms with Crippen LogP contribution in [0.5, 0.6) is 5.75 Å². The lowest BCUT2D eigenvalue weighted by molar-refractivity contribution is 0.469. The Labute approximate surface area is 316 Å². The van der Waals surface area contributed by atoms with Gasteiger partial charge in [0.2, 0.25) is 0 Å². The van der Waals surface area contributed by atoms with E-state index in [4.69, 9.17) is 9.72 Å².